The molecule has 1 rings (SSSR count). The van der Waals surface area contributed by atoms with Gasteiger partial charge in [-0.2, -0.15) is 0 Å². The molecule has 6 nitrogen and oxygen atoms in total. The molecular weight excluding hydrogens is 246 g/mol. The summed E-state index contributed by atoms with van der Waals surface area (Å²) < 4.78 is 4.87. The number of hydrogen-bond acceptors (Lipinski definition) is 5. The molecule has 1 amide bonds. The molecule has 6 heteroatoms. The second-order valence-corrected chi connectivity index (χ2v) is 5.30. The third-order valence-electron chi connectivity index (χ3n) is 2.61. The number of likely N-dealkylation sites (N-methyl/N-ethyl adjacent to an activating group) is 1. The molecule has 0 bridgehead atoms. The molecule has 1 aromatic heterocycles. The van der Waals surface area contributed by atoms with Crippen molar-refractivity contribution >= 4 is 11.7 Å². The van der Waals surface area contributed by atoms with Gasteiger partial charge in [0.1, 0.15) is 5.76 Å². The average molecular weight is 269 g/mol. The van der Waals surface area contributed by atoms with Gasteiger partial charge in [0, 0.05) is 25.6 Å². The summed E-state index contributed by atoms with van der Waals surface area (Å²) in [4.78, 5) is 13.8. The summed E-state index contributed by atoms with van der Waals surface area (Å²) in [6.45, 7) is 9.22. The lowest BCUT2D eigenvalue weighted by molar-refractivity contribution is -0.116. The van der Waals surface area contributed by atoms with Gasteiger partial charge in [-0.15, -0.1) is 0 Å². The van der Waals surface area contributed by atoms with Crippen LogP contribution in [0, 0.1) is 6.92 Å². The first-order chi connectivity index (χ1) is 8.80. The van der Waals surface area contributed by atoms with Crippen molar-refractivity contribution in [3.63, 3.8) is 0 Å². The number of nitrogens with zero attached hydrogens (tertiary/aromatic N) is 2. The Balaban J connectivity index is 2.36. The lowest BCUT2D eigenvalue weighted by atomic mass is 10.1. The largest absolute Gasteiger partial charge is 0.389 e. The summed E-state index contributed by atoms with van der Waals surface area (Å²) in [5.74, 6) is 0.989. The monoisotopic (exact) mass is 269 g/mol. The van der Waals surface area contributed by atoms with E-state index in [0.29, 0.717) is 31.1 Å². The predicted molar refractivity (Wildman–Crippen MR) is 72.9 cm³/mol. The Morgan fingerprint density at radius 2 is 2.26 bits per heavy atom. The summed E-state index contributed by atoms with van der Waals surface area (Å²) in [7, 11) is 0. The first-order valence-corrected chi connectivity index (χ1v) is 6.48. The van der Waals surface area contributed by atoms with Crippen LogP contribution in [0.2, 0.25) is 0 Å². The molecule has 19 heavy (non-hydrogen) atoms. The summed E-state index contributed by atoms with van der Waals surface area (Å²) in [6.07, 6.45) is 0.357. The molecule has 0 saturated carbocycles. The lowest BCUT2D eigenvalue weighted by Gasteiger charge is -2.27. The van der Waals surface area contributed by atoms with Crippen molar-refractivity contribution in [3.05, 3.63) is 11.8 Å². The Kier molecular flexibility index (Phi) is 5.50. The second-order valence-electron chi connectivity index (χ2n) is 5.30. The van der Waals surface area contributed by atoms with Gasteiger partial charge in [0.15, 0.2) is 5.82 Å². The summed E-state index contributed by atoms with van der Waals surface area (Å²) >= 11 is 0. The minimum Gasteiger partial charge on any atom is -0.389 e. The van der Waals surface area contributed by atoms with Gasteiger partial charge in [-0.3, -0.25) is 4.79 Å². The fourth-order valence-corrected chi connectivity index (χ4v) is 1.79. The first kappa shape index (κ1) is 15.7. The van der Waals surface area contributed by atoms with Crippen molar-refractivity contribution < 1.29 is 14.4 Å². The molecule has 0 saturated heterocycles. The molecule has 0 fully saturated rings. The Morgan fingerprint density at radius 3 is 2.74 bits per heavy atom. The van der Waals surface area contributed by atoms with Crippen LogP contribution in [0.25, 0.3) is 0 Å². The van der Waals surface area contributed by atoms with Crippen LogP contribution in [0.15, 0.2) is 10.6 Å². The number of aliphatic hydroxyl groups is 1. The fraction of sp³-hybridized carbons (Fsp3) is 0.692. The van der Waals surface area contributed by atoms with Crippen LogP contribution in [-0.4, -0.2) is 46.3 Å². The van der Waals surface area contributed by atoms with E-state index in [9.17, 15) is 9.90 Å². The number of rotatable bonds is 7. The normalized spacial score (nSPS) is 11.9. The third kappa shape index (κ3) is 6.35. The van der Waals surface area contributed by atoms with Crippen LogP contribution in [0.3, 0.4) is 0 Å². The standard InChI is InChI=1S/C13H23N3O3/c1-5-16(9-13(3,4)18)7-6-12(17)14-11-8-10(2)19-15-11/h8,18H,5-7,9H2,1-4H3,(H,14,15,17). The highest BCUT2D eigenvalue weighted by Gasteiger charge is 2.17. The van der Waals surface area contributed by atoms with Gasteiger partial charge in [0.2, 0.25) is 5.91 Å². The molecule has 2 N–H and O–H groups in total. The van der Waals surface area contributed by atoms with Crippen molar-refractivity contribution in [2.45, 2.75) is 39.7 Å². The molecule has 0 atom stereocenters. The predicted octanol–water partition coefficient (Wildman–Crippen LogP) is 1.40. The highest BCUT2D eigenvalue weighted by molar-refractivity contribution is 5.89. The van der Waals surface area contributed by atoms with Gasteiger partial charge in [-0.25, -0.2) is 0 Å². The highest BCUT2D eigenvalue weighted by Crippen LogP contribution is 2.08. The number of amides is 1. The van der Waals surface area contributed by atoms with Gasteiger partial charge in [-0.05, 0) is 27.3 Å². The maximum Gasteiger partial charge on any atom is 0.226 e. The SMILES string of the molecule is CCN(CCC(=O)Nc1cc(C)on1)CC(C)(C)O. The zero-order valence-corrected chi connectivity index (χ0v) is 12.1. The smallest absolute Gasteiger partial charge is 0.226 e. The van der Waals surface area contributed by atoms with Crippen LogP contribution >= 0.6 is 0 Å². The zero-order chi connectivity index (χ0) is 14.5. The van der Waals surface area contributed by atoms with Gasteiger partial charge in [-0.1, -0.05) is 12.1 Å². The summed E-state index contributed by atoms with van der Waals surface area (Å²) in [5.41, 5.74) is -0.754. The molecule has 0 aliphatic rings. The molecule has 1 aromatic rings. The minimum absolute atomic E-state index is 0.109. The Hall–Kier alpha value is -1.40. The van der Waals surface area contributed by atoms with Gasteiger partial charge in [0.05, 0.1) is 5.60 Å². The Bertz CT molecular complexity index is 410. The van der Waals surface area contributed by atoms with Crippen LogP contribution in [-0.2, 0) is 4.79 Å². The van der Waals surface area contributed by atoms with Crippen molar-refractivity contribution in [2.24, 2.45) is 0 Å². The van der Waals surface area contributed by atoms with E-state index < -0.39 is 5.60 Å². The average Bonchev–Trinajstić information content (AvgIpc) is 2.68. The highest BCUT2D eigenvalue weighted by atomic mass is 16.5. The Labute approximate surface area is 113 Å². The molecule has 0 aromatic carbocycles. The number of nitrogens with one attached hydrogen (secondary N) is 1. The van der Waals surface area contributed by atoms with Crippen LogP contribution in [0.5, 0.6) is 0 Å². The molecular formula is C13H23N3O3. The van der Waals surface area contributed by atoms with Crippen molar-refractivity contribution in [2.75, 3.05) is 25.0 Å². The fourth-order valence-electron chi connectivity index (χ4n) is 1.79. The van der Waals surface area contributed by atoms with E-state index in [1.165, 1.54) is 0 Å². The number of carbonyl (C=O) groups excluding carboxylic acids is 1. The number of hydrogen-bond donors (Lipinski definition) is 2. The van der Waals surface area contributed by atoms with Crippen LogP contribution in [0.1, 0.15) is 33.0 Å². The third-order valence-corrected chi connectivity index (χ3v) is 2.61. The van der Waals surface area contributed by atoms with Crippen molar-refractivity contribution in [1.29, 1.82) is 0 Å². The van der Waals surface area contributed by atoms with E-state index in [-0.39, 0.29) is 5.91 Å². The molecule has 0 radical (unpaired) electrons. The topological polar surface area (TPSA) is 78.6 Å². The van der Waals surface area contributed by atoms with Crippen LogP contribution in [0.4, 0.5) is 5.82 Å². The van der Waals surface area contributed by atoms with E-state index in [0.717, 1.165) is 6.54 Å². The quantitative estimate of drug-likeness (QED) is 0.782. The van der Waals surface area contributed by atoms with Crippen LogP contribution < -0.4 is 5.32 Å². The molecule has 0 spiro atoms. The molecule has 1 heterocycles. The minimum atomic E-state index is -0.754. The summed E-state index contributed by atoms with van der Waals surface area (Å²) in [5, 5.41) is 16.1. The number of anilines is 1. The van der Waals surface area contributed by atoms with Crippen molar-refractivity contribution in [1.82, 2.24) is 10.1 Å². The van der Waals surface area contributed by atoms with Crippen molar-refractivity contribution in [3.8, 4) is 0 Å². The summed E-state index contributed by atoms with van der Waals surface area (Å²) in [6, 6.07) is 1.67. The van der Waals surface area contributed by atoms with E-state index in [2.05, 4.69) is 10.5 Å². The van der Waals surface area contributed by atoms with E-state index in [1.54, 1.807) is 26.8 Å². The molecule has 0 aliphatic heterocycles. The Morgan fingerprint density at radius 1 is 1.58 bits per heavy atom. The van der Waals surface area contributed by atoms with Gasteiger partial charge >= 0.3 is 0 Å². The maximum absolute atomic E-state index is 11.7. The van der Waals surface area contributed by atoms with E-state index in [4.69, 9.17) is 4.52 Å². The number of carbonyl (C=O) groups is 1. The van der Waals surface area contributed by atoms with Gasteiger partial charge in [0.25, 0.3) is 0 Å². The van der Waals surface area contributed by atoms with E-state index >= 15 is 0 Å². The number of aromatic nitrogens is 1. The lowest BCUT2D eigenvalue weighted by Crippen LogP contribution is -2.39. The molecule has 0 aliphatic carbocycles. The van der Waals surface area contributed by atoms with E-state index in [1.807, 2.05) is 11.8 Å². The molecule has 108 valence electrons. The zero-order valence-electron chi connectivity index (χ0n) is 12.1. The first-order valence-electron chi connectivity index (χ1n) is 6.48. The second kappa shape index (κ2) is 6.68. The maximum atomic E-state index is 11.7. The van der Waals surface area contributed by atoms with Gasteiger partial charge < -0.3 is 19.8 Å². The molecule has 0 unspecified atom stereocenters. The number of aryl methyl sites for hydroxylation is 1.